The molecule has 0 saturated heterocycles. The van der Waals surface area contributed by atoms with Crippen LogP contribution in [0.5, 0.6) is 0 Å². The summed E-state index contributed by atoms with van der Waals surface area (Å²) in [5, 5.41) is 2.75. The van der Waals surface area contributed by atoms with Gasteiger partial charge < -0.3 is 10.2 Å². The molecule has 0 unspecified atom stereocenters. The molecule has 1 aliphatic heterocycles. The number of amides is 2. The van der Waals surface area contributed by atoms with Crippen molar-refractivity contribution in [3.05, 3.63) is 35.9 Å². The van der Waals surface area contributed by atoms with E-state index in [-0.39, 0.29) is 17.1 Å². The first kappa shape index (κ1) is 15.6. The lowest BCUT2D eigenvalue weighted by Crippen LogP contribution is -2.32. The van der Waals surface area contributed by atoms with Gasteiger partial charge in [0, 0.05) is 23.5 Å². The molecular formula is C16H20N2O2S. The highest BCUT2D eigenvalue weighted by atomic mass is 32.2. The summed E-state index contributed by atoms with van der Waals surface area (Å²) in [6.45, 7) is 10.7. The van der Waals surface area contributed by atoms with Crippen LogP contribution in [-0.2, 0) is 4.79 Å². The molecule has 2 amide bonds. The Morgan fingerprint density at radius 1 is 1.48 bits per heavy atom. The van der Waals surface area contributed by atoms with Crippen LogP contribution in [0.15, 0.2) is 35.2 Å². The van der Waals surface area contributed by atoms with E-state index in [4.69, 9.17) is 0 Å². The molecule has 0 aliphatic carbocycles. The largest absolute Gasteiger partial charge is 0.335 e. The van der Waals surface area contributed by atoms with Crippen LogP contribution in [0, 0.1) is 0 Å². The third-order valence-electron chi connectivity index (χ3n) is 3.29. The lowest BCUT2D eigenvalue weighted by Gasteiger charge is -2.24. The first-order valence-corrected chi connectivity index (χ1v) is 7.85. The molecule has 5 heteroatoms. The number of hydrogen-bond acceptors (Lipinski definition) is 3. The zero-order chi connectivity index (χ0) is 15.6. The highest BCUT2D eigenvalue weighted by Crippen LogP contribution is 2.36. The summed E-state index contributed by atoms with van der Waals surface area (Å²) in [5.41, 5.74) is 2.26. The fourth-order valence-corrected chi connectivity index (χ4v) is 3.11. The number of nitrogens with zero attached hydrogens (tertiary/aromatic N) is 1. The fourth-order valence-electron chi connectivity index (χ4n) is 2.18. The zero-order valence-corrected chi connectivity index (χ0v) is 13.4. The molecule has 21 heavy (non-hydrogen) atoms. The smallest absolute Gasteiger partial charge is 0.254 e. The molecule has 1 atom stereocenters. The Balaban J connectivity index is 2.25. The van der Waals surface area contributed by atoms with Gasteiger partial charge >= 0.3 is 0 Å². The second-order valence-electron chi connectivity index (χ2n) is 5.24. The lowest BCUT2D eigenvalue weighted by molar-refractivity contribution is -0.115. The lowest BCUT2D eigenvalue weighted by atomic mass is 10.1. The number of carbonyl (C=O) groups is 2. The molecule has 1 heterocycles. The summed E-state index contributed by atoms with van der Waals surface area (Å²) in [6.07, 6.45) is 0. The molecule has 0 saturated carbocycles. The van der Waals surface area contributed by atoms with Crippen molar-refractivity contribution in [3.63, 3.8) is 0 Å². The predicted molar refractivity (Wildman–Crippen MR) is 86.8 cm³/mol. The van der Waals surface area contributed by atoms with Gasteiger partial charge in [0.05, 0.1) is 10.9 Å². The Morgan fingerprint density at radius 3 is 2.81 bits per heavy atom. The van der Waals surface area contributed by atoms with Crippen molar-refractivity contribution in [2.24, 2.45) is 0 Å². The quantitative estimate of drug-likeness (QED) is 0.869. The molecular weight excluding hydrogens is 284 g/mol. The highest BCUT2D eigenvalue weighted by Gasteiger charge is 2.24. The van der Waals surface area contributed by atoms with E-state index in [1.807, 2.05) is 32.9 Å². The fraction of sp³-hybridized carbons (Fsp3) is 0.375. The van der Waals surface area contributed by atoms with Gasteiger partial charge in [-0.15, -0.1) is 11.8 Å². The van der Waals surface area contributed by atoms with E-state index < -0.39 is 0 Å². The minimum Gasteiger partial charge on any atom is -0.335 e. The van der Waals surface area contributed by atoms with Crippen molar-refractivity contribution in [1.82, 2.24) is 4.90 Å². The van der Waals surface area contributed by atoms with E-state index in [0.29, 0.717) is 18.7 Å². The molecule has 2 rings (SSSR count). The molecule has 0 radical (unpaired) electrons. The summed E-state index contributed by atoms with van der Waals surface area (Å²) in [4.78, 5) is 27.0. The number of benzene rings is 1. The standard InChI is InChI=1S/C16H20N2O2S/c1-5-18(9-10(2)3)16(20)12-6-7-14-13(8-12)17-15(19)11(4)21-14/h6-8,11H,2,5,9H2,1,3-4H3,(H,17,19)/t11-/m1/s1. The topological polar surface area (TPSA) is 49.4 Å². The van der Waals surface area contributed by atoms with Crippen molar-refractivity contribution in [2.45, 2.75) is 30.9 Å². The predicted octanol–water partition coefficient (Wildman–Crippen LogP) is 3.16. The number of nitrogens with one attached hydrogen (secondary N) is 1. The van der Waals surface area contributed by atoms with Gasteiger partial charge in [-0.25, -0.2) is 0 Å². The van der Waals surface area contributed by atoms with Gasteiger partial charge in [0.25, 0.3) is 5.91 Å². The third-order valence-corrected chi connectivity index (χ3v) is 4.46. The number of anilines is 1. The van der Waals surface area contributed by atoms with Gasteiger partial charge in [0.2, 0.25) is 5.91 Å². The Hall–Kier alpha value is -1.75. The maximum absolute atomic E-state index is 12.5. The molecule has 0 spiro atoms. The maximum Gasteiger partial charge on any atom is 0.254 e. The van der Waals surface area contributed by atoms with Crippen LogP contribution in [0.3, 0.4) is 0 Å². The Kier molecular flexibility index (Phi) is 4.73. The third kappa shape index (κ3) is 3.47. The van der Waals surface area contributed by atoms with Crippen LogP contribution in [0.2, 0.25) is 0 Å². The van der Waals surface area contributed by atoms with E-state index in [2.05, 4.69) is 11.9 Å². The van der Waals surface area contributed by atoms with Crippen LogP contribution >= 0.6 is 11.8 Å². The number of likely N-dealkylation sites (N-methyl/N-ethyl adjacent to an activating group) is 1. The first-order valence-electron chi connectivity index (χ1n) is 6.97. The van der Waals surface area contributed by atoms with Gasteiger partial charge in [0.15, 0.2) is 0 Å². The summed E-state index contributed by atoms with van der Waals surface area (Å²) in [5.74, 6) is -0.0625. The average Bonchev–Trinajstić information content (AvgIpc) is 2.44. The van der Waals surface area contributed by atoms with Gasteiger partial charge in [0.1, 0.15) is 0 Å². The average molecular weight is 304 g/mol. The molecule has 1 aromatic carbocycles. The molecule has 0 aromatic heterocycles. The first-order chi connectivity index (χ1) is 9.92. The van der Waals surface area contributed by atoms with E-state index in [0.717, 1.165) is 16.2 Å². The SMILES string of the molecule is C=C(C)CN(CC)C(=O)c1ccc2c(c1)NC(=O)[C@@H](C)S2. The highest BCUT2D eigenvalue weighted by molar-refractivity contribution is 8.00. The van der Waals surface area contributed by atoms with E-state index in [1.165, 1.54) is 11.8 Å². The molecule has 0 fully saturated rings. The number of rotatable bonds is 4. The summed E-state index contributed by atoms with van der Waals surface area (Å²) >= 11 is 1.51. The second kappa shape index (κ2) is 6.35. The molecule has 4 nitrogen and oxygen atoms in total. The van der Waals surface area contributed by atoms with Crippen LogP contribution in [0.1, 0.15) is 31.1 Å². The number of carbonyl (C=O) groups excluding carboxylic acids is 2. The molecule has 1 aromatic rings. The van der Waals surface area contributed by atoms with Gasteiger partial charge in [-0.1, -0.05) is 12.2 Å². The molecule has 1 N–H and O–H groups in total. The Bertz CT molecular complexity index is 598. The summed E-state index contributed by atoms with van der Waals surface area (Å²) in [6, 6.07) is 5.48. The number of fused-ring (bicyclic) bond motifs is 1. The second-order valence-corrected chi connectivity index (χ2v) is 6.62. The minimum atomic E-state index is -0.102. The Labute approximate surface area is 129 Å². The van der Waals surface area contributed by atoms with Crippen LogP contribution in [0.25, 0.3) is 0 Å². The van der Waals surface area contributed by atoms with Crippen molar-refractivity contribution in [3.8, 4) is 0 Å². The minimum absolute atomic E-state index is 0.0219. The summed E-state index contributed by atoms with van der Waals surface area (Å²) < 4.78 is 0. The zero-order valence-electron chi connectivity index (χ0n) is 12.6. The number of thioether (sulfide) groups is 1. The summed E-state index contributed by atoms with van der Waals surface area (Å²) in [7, 11) is 0. The normalized spacial score (nSPS) is 16.9. The van der Waals surface area contributed by atoms with Crippen molar-refractivity contribution >= 4 is 29.3 Å². The van der Waals surface area contributed by atoms with Gasteiger partial charge in [-0.3, -0.25) is 9.59 Å². The molecule has 0 bridgehead atoms. The van der Waals surface area contributed by atoms with E-state index >= 15 is 0 Å². The van der Waals surface area contributed by atoms with Crippen LogP contribution in [0.4, 0.5) is 5.69 Å². The van der Waals surface area contributed by atoms with Crippen LogP contribution in [-0.4, -0.2) is 35.1 Å². The van der Waals surface area contributed by atoms with Gasteiger partial charge in [-0.05, 0) is 39.0 Å². The van der Waals surface area contributed by atoms with E-state index in [1.54, 1.807) is 11.0 Å². The van der Waals surface area contributed by atoms with Crippen molar-refractivity contribution in [2.75, 3.05) is 18.4 Å². The Morgan fingerprint density at radius 2 is 2.19 bits per heavy atom. The van der Waals surface area contributed by atoms with Crippen molar-refractivity contribution < 1.29 is 9.59 Å². The molecule has 1 aliphatic rings. The molecule has 112 valence electrons. The van der Waals surface area contributed by atoms with Gasteiger partial charge in [-0.2, -0.15) is 0 Å². The van der Waals surface area contributed by atoms with Crippen LogP contribution < -0.4 is 5.32 Å². The maximum atomic E-state index is 12.5. The monoisotopic (exact) mass is 304 g/mol. The number of hydrogen-bond donors (Lipinski definition) is 1. The van der Waals surface area contributed by atoms with E-state index in [9.17, 15) is 9.59 Å². The van der Waals surface area contributed by atoms with Crippen molar-refractivity contribution in [1.29, 1.82) is 0 Å².